The Morgan fingerprint density at radius 1 is 1.04 bits per heavy atom. The van der Waals surface area contributed by atoms with Crippen LogP contribution in [0.4, 0.5) is 0 Å². The number of benzene rings is 1. The Morgan fingerprint density at radius 3 is 2.37 bits per heavy atom. The molecule has 0 radical (unpaired) electrons. The highest BCUT2D eigenvalue weighted by atomic mass is 16.6. The lowest BCUT2D eigenvalue weighted by Gasteiger charge is -2.16. The lowest BCUT2D eigenvalue weighted by molar-refractivity contribution is 0.106. The number of aryl methyl sites for hydroxylation is 2. The van der Waals surface area contributed by atoms with Gasteiger partial charge in [-0.15, -0.1) is 0 Å². The van der Waals surface area contributed by atoms with Gasteiger partial charge in [0.2, 0.25) is 0 Å². The fourth-order valence-corrected chi connectivity index (χ4v) is 3.58. The van der Waals surface area contributed by atoms with Crippen LogP contribution in [-0.4, -0.2) is 46.1 Å². The molecule has 0 aliphatic heterocycles. The molecule has 0 aliphatic carbocycles. The summed E-state index contributed by atoms with van der Waals surface area (Å²) in [6, 6.07) is 8.23. The van der Waals surface area contributed by atoms with E-state index < -0.39 is 0 Å². The van der Waals surface area contributed by atoms with Crippen LogP contribution in [0.3, 0.4) is 0 Å². The highest BCUT2D eigenvalue weighted by molar-refractivity contribution is 6.03. The largest absolute Gasteiger partial charge is 0.394 e. The molecule has 0 unspecified atom stereocenters. The van der Waals surface area contributed by atoms with Crippen LogP contribution in [0.15, 0.2) is 29.4 Å². The molecule has 6 heteroatoms. The van der Waals surface area contributed by atoms with E-state index in [0.29, 0.717) is 6.61 Å². The third-order valence-corrected chi connectivity index (χ3v) is 5.15. The molecule has 2 aromatic carbocycles. The van der Waals surface area contributed by atoms with Crippen LogP contribution in [0.2, 0.25) is 0 Å². The summed E-state index contributed by atoms with van der Waals surface area (Å²) >= 11 is 0. The standard InChI is InChI=1S/C21H29N5O/c1-6-16-15(4)19(24-27-14-13-26(7-2)8-3)17-11-9-10-12-18(17)21-20(16)22-25(5)23-21/h9-12H,6-8,13-14H2,1-5H3/b24-19-. The number of fused-ring (bicyclic) bond motifs is 3. The fraction of sp³-hybridized carbons (Fsp3) is 0.476. The van der Waals surface area contributed by atoms with E-state index in [2.05, 4.69) is 60.1 Å². The topological polar surface area (TPSA) is 55.5 Å². The molecule has 0 aliphatic rings. The van der Waals surface area contributed by atoms with Gasteiger partial charge in [-0.25, -0.2) is 0 Å². The molecule has 1 heterocycles. The van der Waals surface area contributed by atoms with Gasteiger partial charge in [-0.1, -0.05) is 50.2 Å². The smallest absolute Gasteiger partial charge is 0.129 e. The first-order chi connectivity index (χ1) is 13.1. The molecule has 0 bridgehead atoms. The second-order valence-electron chi connectivity index (χ2n) is 6.69. The lowest BCUT2D eigenvalue weighted by atomic mass is 10.1. The first-order valence-corrected chi connectivity index (χ1v) is 9.74. The number of hydrogen-bond donors (Lipinski definition) is 0. The summed E-state index contributed by atoms with van der Waals surface area (Å²) in [6.45, 7) is 12.1. The minimum atomic E-state index is 0.576. The quantitative estimate of drug-likeness (QED) is 0.475. The molecule has 6 nitrogen and oxygen atoms in total. The van der Waals surface area contributed by atoms with Gasteiger partial charge in [-0.2, -0.15) is 15.0 Å². The van der Waals surface area contributed by atoms with Gasteiger partial charge in [0.05, 0.1) is 0 Å². The van der Waals surface area contributed by atoms with E-state index in [-0.39, 0.29) is 0 Å². The van der Waals surface area contributed by atoms with Crippen LogP contribution in [0.5, 0.6) is 0 Å². The maximum atomic E-state index is 5.75. The number of nitrogens with zero attached hydrogens (tertiary/aromatic N) is 5. The average molecular weight is 367 g/mol. The summed E-state index contributed by atoms with van der Waals surface area (Å²) in [5.41, 5.74) is 4.13. The van der Waals surface area contributed by atoms with Crippen molar-refractivity contribution in [3.8, 4) is 0 Å². The van der Waals surface area contributed by atoms with Crippen molar-refractivity contribution >= 4 is 21.8 Å². The van der Waals surface area contributed by atoms with Crippen molar-refractivity contribution < 1.29 is 4.84 Å². The minimum Gasteiger partial charge on any atom is -0.394 e. The van der Waals surface area contributed by atoms with Crippen molar-refractivity contribution in [2.45, 2.75) is 34.1 Å². The lowest BCUT2D eigenvalue weighted by Crippen LogP contribution is -2.26. The zero-order valence-corrected chi connectivity index (χ0v) is 17.0. The van der Waals surface area contributed by atoms with Crippen molar-refractivity contribution in [1.82, 2.24) is 19.9 Å². The molecule has 0 spiro atoms. The maximum Gasteiger partial charge on any atom is 0.129 e. The van der Waals surface area contributed by atoms with Gasteiger partial charge < -0.3 is 9.74 Å². The number of aromatic nitrogens is 3. The Morgan fingerprint density at radius 2 is 1.70 bits per heavy atom. The third-order valence-electron chi connectivity index (χ3n) is 5.15. The van der Waals surface area contributed by atoms with Gasteiger partial charge >= 0.3 is 0 Å². The van der Waals surface area contributed by atoms with E-state index in [1.807, 2.05) is 19.2 Å². The van der Waals surface area contributed by atoms with E-state index >= 15 is 0 Å². The number of rotatable bonds is 7. The molecule has 27 heavy (non-hydrogen) atoms. The Kier molecular flexibility index (Phi) is 6.06. The predicted molar refractivity (Wildman–Crippen MR) is 109 cm³/mol. The SMILES string of the molecule is CCc1c(C)/c(=N/OCCN(CC)CC)c2ccccc2c2nn(C)nc12. The second kappa shape index (κ2) is 8.48. The van der Waals surface area contributed by atoms with Gasteiger partial charge in [0.15, 0.2) is 0 Å². The number of hydrogen-bond acceptors (Lipinski definition) is 5. The highest BCUT2D eigenvalue weighted by Gasteiger charge is 2.14. The van der Waals surface area contributed by atoms with Gasteiger partial charge in [0, 0.05) is 24.4 Å². The van der Waals surface area contributed by atoms with Crippen molar-refractivity contribution in [2.75, 3.05) is 26.2 Å². The molecule has 0 amide bonds. The molecule has 0 N–H and O–H groups in total. The maximum absolute atomic E-state index is 5.75. The van der Waals surface area contributed by atoms with E-state index in [9.17, 15) is 0 Å². The summed E-state index contributed by atoms with van der Waals surface area (Å²) in [6.07, 6.45) is 0.865. The normalized spacial score (nSPS) is 12.4. The molecule has 1 aromatic heterocycles. The zero-order valence-electron chi connectivity index (χ0n) is 17.0. The number of likely N-dealkylation sites (N-methyl/N-ethyl adjacent to an activating group) is 1. The van der Waals surface area contributed by atoms with Crippen molar-refractivity contribution in [2.24, 2.45) is 12.2 Å². The molecule has 0 saturated carbocycles. The average Bonchev–Trinajstić information content (AvgIpc) is 3.03. The Labute approximate surface area is 160 Å². The van der Waals surface area contributed by atoms with Gasteiger partial charge in [-0.3, -0.25) is 0 Å². The van der Waals surface area contributed by atoms with E-state index in [4.69, 9.17) is 4.84 Å². The molecular weight excluding hydrogens is 338 g/mol. The van der Waals surface area contributed by atoms with Crippen molar-refractivity contribution in [1.29, 1.82) is 0 Å². The second-order valence-corrected chi connectivity index (χ2v) is 6.69. The van der Waals surface area contributed by atoms with Crippen LogP contribution >= 0.6 is 0 Å². The van der Waals surface area contributed by atoms with E-state index in [0.717, 1.165) is 58.8 Å². The van der Waals surface area contributed by atoms with Crippen LogP contribution in [0.1, 0.15) is 31.9 Å². The molecule has 3 rings (SSSR count). The zero-order chi connectivity index (χ0) is 19.4. The summed E-state index contributed by atoms with van der Waals surface area (Å²) in [5.74, 6) is 0. The summed E-state index contributed by atoms with van der Waals surface area (Å²) in [4.78, 5) is 9.72. The van der Waals surface area contributed by atoms with Crippen LogP contribution in [0, 0.1) is 6.92 Å². The van der Waals surface area contributed by atoms with E-state index in [1.54, 1.807) is 4.80 Å². The molecule has 144 valence electrons. The molecule has 0 fully saturated rings. The molecule has 0 atom stereocenters. The highest BCUT2D eigenvalue weighted by Crippen LogP contribution is 2.23. The van der Waals surface area contributed by atoms with E-state index in [1.165, 1.54) is 5.56 Å². The molecule has 3 aromatic rings. The third kappa shape index (κ3) is 3.81. The molecular formula is C21H29N5O. The van der Waals surface area contributed by atoms with Crippen LogP contribution in [0.25, 0.3) is 21.8 Å². The Bertz CT molecular complexity index is 1000. The van der Waals surface area contributed by atoms with Gasteiger partial charge in [-0.05, 0) is 37.6 Å². The van der Waals surface area contributed by atoms with Gasteiger partial charge in [0.1, 0.15) is 23.0 Å². The predicted octanol–water partition coefficient (Wildman–Crippen LogP) is 3.17. The fourth-order valence-electron chi connectivity index (χ4n) is 3.58. The minimum absolute atomic E-state index is 0.576. The molecule has 0 saturated heterocycles. The first-order valence-electron chi connectivity index (χ1n) is 9.74. The summed E-state index contributed by atoms with van der Waals surface area (Å²) < 4.78 is 0. The van der Waals surface area contributed by atoms with Crippen LogP contribution in [-0.2, 0) is 18.3 Å². The Balaban J connectivity index is 2.18. The monoisotopic (exact) mass is 367 g/mol. The van der Waals surface area contributed by atoms with Crippen molar-refractivity contribution in [3.63, 3.8) is 0 Å². The summed E-state index contributed by atoms with van der Waals surface area (Å²) in [7, 11) is 1.87. The summed E-state index contributed by atoms with van der Waals surface area (Å²) in [5, 5.41) is 16.8. The van der Waals surface area contributed by atoms with Crippen LogP contribution < -0.4 is 5.36 Å². The van der Waals surface area contributed by atoms with Gasteiger partial charge in [0.25, 0.3) is 0 Å². The van der Waals surface area contributed by atoms with Crippen molar-refractivity contribution in [3.05, 3.63) is 40.7 Å². The Hall–Kier alpha value is -2.47. The first kappa shape index (κ1) is 19.3.